The van der Waals surface area contributed by atoms with Gasteiger partial charge in [0, 0.05) is 16.9 Å². The van der Waals surface area contributed by atoms with Gasteiger partial charge in [-0.3, -0.25) is 4.98 Å². The molecule has 1 saturated carbocycles. The van der Waals surface area contributed by atoms with Crippen LogP contribution in [0.15, 0.2) is 54.6 Å². The molecule has 0 aliphatic heterocycles. The SMILES string of the molecule is COC(=O)c1c(C2CC2)nc2ccccc2c1-c1ccccc1. The molecule has 3 heteroatoms. The van der Waals surface area contributed by atoms with E-state index in [1.165, 1.54) is 7.11 Å². The van der Waals surface area contributed by atoms with Crippen molar-refractivity contribution >= 4 is 16.9 Å². The summed E-state index contributed by atoms with van der Waals surface area (Å²) in [4.78, 5) is 17.3. The molecular weight excluding hydrogens is 286 g/mol. The van der Waals surface area contributed by atoms with Crippen molar-refractivity contribution < 1.29 is 9.53 Å². The highest BCUT2D eigenvalue weighted by molar-refractivity contribution is 6.08. The Balaban J connectivity index is 2.12. The van der Waals surface area contributed by atoms with Gasteiger partial charge in [-0.2, -0.15) is 0 Å². The summed E-state index contributed by atoms with van der Waals surface area (Å²) in [5.41, 5.74) is 4.40. The smallest absolute Gasteiger partial charge is 0.340 e. The summed E-state index contributed by atoms with van der Waals surface area (Å²) in [7, 11) is 1.43. The van der Waals surface area contributed by atoms with Gasteiger partial charge in [0.05, 0.1) is 23.9 Å². The van der Waals surface area contributed by atoms with Crippen LogP contribution in [-0.4, -0.2) is 18.1 Å². The van der Waals surface area contributed by atoms with E-state index in [-0.39, 0.29) is 5.97 Å². The summed E-state index contributed by atoms with van der Waals surface area (Å²) in [6, 6.07) is 18.0. The minimum atomic E-state index is -0.302. The standard InChI is InChI=1S/C20H17NO2/c1-23-20(22)18-17(13-7-3-2-4-8-13)15-9-5-6-10-16(15)21-19(18)14-11-12-14/h2-10,14H,11-12H2,1H3. The molecular formula is C20H17NO2. The average Bonchev–Trinajstić information content (AvgIpc) is 3.45. The first kappa shape index (κ1) is 13.9. The van der Waals surface area contributed by atoms with Crippen LogP contribution >= 0.6 is 0 Å². The lowest BCUT2D eigenvalue weighted by Crippen LogP contribution is -2.10. The van der Waals surface area contributed by atoms with E-state index in [1.54, 1.807) is 0 Å². The topological polar surface area (TPSA) is 39.2 Å². The molecule has 0 atom stereocenters. The Hall–Kier alpha value is -2.68. The molecule has 0 N–H and O–H groups in total. The van der Waals surface area contributed by atoms with Gasteiger partial charge in [0.1, 0.15) is 0 Å². The maximum Gasteiger partial charge on any atom is 0.340 e. The molecule has 3 nitrogen and oxygen atoms in total. The fourth-order valence-electron chi connectivity index (χ4n) is 3.10. The van der Waals surface area contributed by atoms with Crippen LogP contribution in [0.1, 0.15) is 34.8 Å². The lowest BCUT2D eigenvalue weighted by molar-refractivity contribution is 0.0600. The van der Waals surface area contributed by atoms with Crippen molar-refractivity contribution in [3.63, 3.8) is 0 Å². The van der Waals surface area contributed by atoms with Crippen molar-refractivity contribution in [2.24, 2.45) is 0 Å². The van der Waals surface area contributed by atoms with E-state index in [0.717, 1.165) is 40.6 Å². The highest BCUT2D eigenvalue weighted by Crippen LogP contribution is 2.44. The normalized spacial score (nSPS) is 14.0. The summed E-state index contributed by atoms with van der Waals surface area (Å²) < 4.78 is 5.09. The summed E-state index contributed by atoms with van der Waals surface area (Å²) >= 11 is 0. The van der Waals surface area contributed by atoms with E-state index in [9.17, 15) is 4.79 Å². The average molecular weight is 303 g/mol. The second-order valence-electron chi connectivity index (χ2n) is 5.90. The van der Waals surface area contributed by atoms with Crippen molar-refractivity contribution in [3.8, 4) is 11.1 Å². The minimum absolute atomic E-state index is 0.302. The second-order valence-corrected chi connectivity index (χ2v) is 5.90. The van der Waals surface area contributed by atoms with Crippen molar-refractivity contribution in [1.82, 2.24) is 4.98 Å². The molecule has 3 aromatic rings. The van der Waals surface area contributed by atoms with Crippen LogP contribution in [0, 0.1) is 0 Å². The van der Waals surface area contributed by atoms with E-state index in [4.69, 9.17) is 9.72 Å². The second kappa shape index (κ2) is 5.51. The van der Waals surface area contributed by atoms with Gasteiger partial charge in [-0.25, -0.2) is 4.79 Å². The summed E-state index contributed by atoms with van der Waals surface area (Å²) in [5.74, 6) is 0.0696. The summed E-state index contributed by atoms with van der Waals surface area (Å²) in [6.07, 6.45) is 2.17. The van der Waals surface area contributed by atoms with Gasteiger partial charge in [-0.15, -0.1) is 0 Å². The number of hydrogen-bond donors (Lipinski definition) is 0. The Labute approximate surface area is 134 Å². The summed E-state index contributed by atoms with van der Waals surface area (Å²) in [6.45, 7) is 0. The minimum Gasteiger partial charge on any atom is -0.465 e. The number of nitrogens with zero attached hydrogens (tertiary/aromatic N) is 1. The molecule has 1 aliphatic carbocycles. The lowest BCUT2D eigenvalue weighted by Gasteiger charge is -2.16. The van der Waals surface area contributed by atoms with Crippen LogP contribution < -0.4 is 0 Å². The van der Waals surface area contributed by atoms with Crippen LogP contribution in [0.25, 0.3) is 22.0 Å². The van der Waals surface area contributed by atoms with Gasteiger partial charge in [0.2, 0.25) is 0 Å². The van der Waals surface area contributed by atoms with Crippen LogP contribution in [0.2, 0.25) is 0 Å². The third-order valence-electron chi connectivity index (χ3n) is 4.34. The fourth-order valence-corrected chi connectivity index (χ4v) is 3.10. The number of para-hydroxylation sites is 1. The molecule has 1 heterocycles. The molecule has 0 bridgehead atoms. The van der Waals surface area contributed by atoms with E-state index in [0.29, 0.717) is 11.5 Å². The van der Waals surface area contributed by atoms with Crippen LogP contribution in [0.3, 0.4) is 0 Å². The first-order chi connectivity index (χ1) is 11.3. The number of carbonyl (C=O) groups is 1. The number of carbonyl (C=O) groups excluding carboxylic acids is 1. The van der Waals surface area contributed by atoms with Crippen LogP contribution in [0.5, 0.6) is 0 Å². The quantitative estimate of drug-likeness (QED) is 0.666. The van der Waals surface area contributed by atoms with Crippen LogP contribution in [0.4, 0.5) is 0 Å². The van der Waals surface area contributed by atoms with Crippen molar-refractivity contribution in [2.75, 3.05) is 7.11 Å². The maximum absolute atomic E-state index is 12.5. The van der Waals surface area contributed by atoms with Crippen LogP contribution in [-0.2, 0) is 4.74 Å². The number of rotatable bonds is 3. The molecule has 0 saturated heterocycles. The number of methoxy groups -OCH3 is 1. The number of ether oxygens (including phenoxy) is 1. The van der Waals surface area contributed by atoms with E-state index in [1.807, 2.05) is 54.6 Å². The maximum atomic E-state index is 12.5. The Bertz CT molecular complexity index is 883. The number of hydrogen-bond acceptors (Lipinski definition) is 3. The van der Waals surface area contributed by atoms with E-state index in [2.05, 4.69) is 0 Å². The van der Waals surface area contributed by atoms with Crippen molar-refractivity contribution in [3.05, 3.63) is 65.9 Å². The molecule has 0 spiro atoms. The Morgan fingerprint density at radius 1 is 1.04 bits per heavy atom. The Morgan fingerprint density at radius 2 is 1.74 bits per heavy atom. The Kier molecular flexibility index (Phi) is 3.34. The van der Waals surface area contributed by atoms with Gasteiger partial charge in [0.15, 0.2) is 0 Å². The lowest BCUT2D eigenvalue weighted by atomic mass is 9.93. The van der Waals surface area contributed by atoms with Gasteiger partial charge < -0.3 is 4.74 Å². The highest BCUT2D eigenvalue weighted by Gasteiger charge is 2.33. The van der Waals surface area contributed by atoms with E-state index >= 15 is 0 Å². The first-order valence-corrected chi connectivity index (χ1v) is 7.86. The molecule has 4 rings (SSSR count). The van der Waals surface area contributed by atoms with Gasteiger partial charge in [-0.05, 0) is 24.5 Å². The molecule has 114 valence electrons. The molecule has 0 unspecified atom stereocenters. The predicted molar refractivity (Wildman–Crippen MR) is 90.5 cm³/mol. The third kappa shape index (κ3) is 2.38. The molecule has 1 fully saturated rings. The fraction of sp³-hybridized carbons (Fsp3) is 0.200. The van der Waals surface area contributed by atoms with E-state index < -0.39 is 0 Å². The number of pyridine rings is 1. The van der Waals surface area contributed by atoms with Crippen molar-refractivity contribution in [1.29, 1.82) is 0 Å². The monoisotopic (exact) mass is 303 g/mol. The summed E-state index contributed by atoms with van der Waals surface area (Å²) in [5, 5.41) is 0.989. The number of benzene rings is 2. The molecule has 0 amide bonds. The zero-order valence-corrected chi connectivity index (χ0v) is 13.0. The zero-order chi connectivity index (χ0) is 15.8. The first-order valence-electron chi connectivity index (χ1n) is 7.86. The molecule has 23 heavy (non-hydrogen) atoms. The van der Waals surface area contributed by atoms with Gasteiger partial charge in [-0.1, -0.05) is 48.5 Å². The third-order valence-corrected chi connectivity index (χ3v) is 4.34. The zero-order valence-electron chi connectivity index (χ0n) is 13.0. The largest absolute Gasteiger partial charge is 0.465 e. The predicted octanol–water partition coefficient (Wildman–Crippen LogP) is 4.57. The Morgan fingerprint density at radius 3 is 2.43 bits per heavy atom. The molecule has 0 radical (unpaired) electrons. The van der Waals surface area contributed by atoms with Gasteiger partial charge in [0.25, 0.3) is 0 Å². The molecule has 1 aromatic heterocycles. The molecule has 1 aliphatic rings. The highest BCUT2D eigenvalue weighted by atomic mass is 16.5. The molecule has 2 aromatic carbocycles. The number of fused-ring (bicyclic) bond motifs is 1. The number of aromatic nitrogens is 1. The van der Waals surface area contributed by atoms with Gasteiger partial charge >= 0.3 is 5.97 Å². The number of esters is 1. The van der Waals surface area contributed by atoms with Crippen molar-refractivity contribution in [2.45, 2.75) is 18.8 Å².